The highest BCUT2D eigenvalue weighted by Crippen LogP contribution is 2.35. The van der Waals surface area contributed by atoms with Gasteiger partial charge in [-0.15, -0.1) is 0 Å². The van der Waals surface area contributed by atoms with Gasteiger partial charge in [-0.1, -0.05) is 18.2 Å². The summed E-state index contributed by atoms with van der Waals surface area (Å²) in [5, 5.41) is 11.7. The summed E-state index contributed by atoms with van der Waals surface area (Å²) >= 11 is 0. The topological polar surface area (TPSA) is 93.8 Å². The molecule has 2 aromatic carbocycles. The molecule has 0 atom stereocenters. The highest BCUT2D eigenvalue weighted by molar-refractivity contribution is 6.05. The number of ether oxygens (including phenoxy) is 2. The van der Waals surface area contributed by atoms with Crippen LogP contribution in [0.25, 0.3) is 0 Å². The van der Waals surface area contributed by atoms with Crippen LogP contribution in [0.15, 0.2) is 42.5 Å². The normalized spacial score (nSPS) is 10.2. The van der Waals surface area contributed by atoms with Crippen LogP contribution in [-0.4, -0.2) is 30.8 Å². The van der Waals surface area contributed by atoms with Crippen LogP contribution in [-0.2, 0) is 0 Å². The lowest BCUT2D eigenvalue weighted by Crippen LogP contribution is -2.14. The van der Waals surface area contributed by atoms with Crippen molar-refractivity contribution in [2.24, 2.45) is 0 Å². The van der Waals surface area contributed by atoms with E-state index in [2.05, 4.69) is 5.32 Å². The minimum absolute atomic E-state index is 0.0988. The number of nitrogen functional groups attached to an aromatic ring is 1. The fraction of sp³-hybridized carbons (Fsp3) is 0.235. The van der Waals surface area contributed by atoms with Crippen molar-refractivity contribution in [1.29, 1.82) is 0 Å². The second-order valence-corrected chi connectivity index (χ2v) is 4.71. The van der Waals surface area contributed by atoms with Gasteiger partial charge in [0, 0.05) is 17.7 Å². The Morgan fingerprint density at radius 3 is 2.57 bits per heavy atom. The van der Waals surface area contributed by atoms with Gasteiger partial charge < -0.3 is 25.6 Å². The Morgan fingerprint density at radius 2 is 1.91 bits per heavy atom. The Bertz CT molecular complexity index is 659. The molecule has 23 heavy (non-hydrogen) atoms. The van der Waals surface area contributed by atoms with Crippen molar-refractivity contribution in [1.82, 2.24) is 0 Å². The number of hydrogen-bond acceptors (Lipinski definition) is 5. The van der Waals surface area contributed by atoms with Crippen LogP contribution in [0.2, 0.25) is 0 Å². The Labute approximate surface area is 134 Å². The largest absolute Gasteiger partial charge is 0.492 e. The molecule has 0 aliphatic rings. The number of carbonyl (C=O) groups excluding carboxylic acids is 1. The molecule has 0 saturated heterocycles. The minimum atomic E-state index is -0.272. The fourth-order valence-corrected chi connectivity index (χ4v) is 2.01. The molecular weight excluding hydrogens is 296 g/mol. The average Bonchev–Trinajstić information content (AvgIpc) is 2.57. The highest BCUT2D eigenvalue weighted by atomic mass is 16.5. The van der Waals surface area contributed by atoms with E-state index in [9.17, 15) is 4.79 Å². The maximum atomic E-state index is 12.3. The quantitative estimate of drug-likeness (QED) is 0.681. The first-order valence-electron chi connectivity index (χ1n) is 7.32. The summed E-state index contributed by atoms with van der Waals surface area (Å²) in [4.78, 5) is 12.3. The van der Waals surface area contributed by atoms with Gasteiger partial charge in [0.05, 0.1) is 24.6 Å². The molecule has 6 heteroatoms. The van der Waals surface area contributed by atoms with Crippen molar-refractivity contribution >= 4 is 17.3 Å². The summed E-state index contributed by atoms with van der Waals surface area (Å²) in [7, 11) is 0. The summed E-state index contributed by atoms with van der Waals surface area (Å²) in [5.74, 6) is 0.572. The SMILES string of the molecule is CCOc1cc(NC(=O)c2ccccc2)c(OCCO)cc1N. The smallest absolute Gasteiger partial charge is 0.255 e. The van der Waals surface area contributed by atoms with Crippen LogP contribution in [0, 0.1) is 0 Å². The third-order valence-corrected chi connectivity index (χ3v) is 3.04. The van der Waals surface area contributed by atoms with Crippen LogP contribution in [0.5, 0.6) is 11.5 Å². The van der Waals surface area contributed by atoms with E-state index < -0.39 is 0 Å². The van der Waals surface area contributed by atoms with Crippen molar-refractivity contribution in [3.63, 3.8) is 0 Å². The Morgan fingerprint density at radius 1 is 1.17 bits per heavy atom. The summed E-state index contributed by atoms with van der Waals surface area (Å²) in [6, 6.07) is 12.0. The van der Waals surface area contributed by atoms with Crippen LogP contribution in [0.1, 0.15) is 17.3 Å². The third-order valence-electron chi connectivity index (χ3n) is 3.04. The molecule has 0 aromatic heterocycles. The molecule has 0 bridgehead atoms. The predicted octanol–water partition coefficient (Wildman–Crippen LogP) is 2.29. The Kier molecular flexibility index (Phi) is 5.82. The molecule has 122 valence electrons. The number of amides is 1. The highest BCUT2D eigenvalue weighted by Gasteiger charge is 2.14. The number of aliphatic hydroxyl groups excluding tert-OH is 1. The molecule has 0 radical (unpaired) electrons. The molecule has 0 unspecified atom stereocenters. The number of anilines is 2. The van der Waals surface area contributed by atoms with E-state index in [0.29, 0.717) is 35.0 Å². The zero-order valence-electron chi connectivity index (χ0n) is 12.9. The van der Waals surface area contributed by atoms with Crippen molar-refractivity contribution < 1.29 is 19.4 Å². The first-order chi connectivity index (χ1) is 11.2. The summed E-state index contributed by atoms with van der Waals surface area (Å²) in [6.45, 7) is 2.26. The second kappa shape index (κ2) is 8.05. The van der Waals surface area contributed by atoms with Gasteiger partial charge in [-0.05, 0) is 19.1 Å². The van der Waals surface area contributed by atoms with Gasteiger partial charge >= 0.3 is 0 Å². The number of aliphatic hydroxyl groups is 1. The van der Waals surface area contributed by atoms with E-state index in [1.807, 2.05) is 13.0 Å². The van der Waals surface area contributed by atoms with Crippen molar-refractivity contribution in [2.75, 3.05) is 30.9 Å². The summed E-state index contributed by atoms with van der Waals surface area (Å²) in [5.41, 5.74) is 7.27. The van der Waals surface area contributed by atoms with Gasteiger partial charge in [0.25, 0.3) is 5.91 Å². The molecule has 0 spiro atoms. The van der Waals surface area contributed by atoms with Crippen molar-refractivity contribution in [2.45, 2.75) is 6.92 Å². The number of carbonyl (C=O) groups is 1. The van der Waals surface area contributed by atoms with Crippen molar-refractivity contribution in [3.8, 4) is 11.5 Å². The number of rotatable bonds is 7. The maximum Gasteiger partial charge on any atom is 0.255 e. The molecular formula is C17H20N2O4. The minimum Gasteiger partial charge on any atom is -0.492 e. The van der Waals surface area contributed by atoms with E-state index in [1.54, 1.807) is 36.4 Å². The zero-order chi connectivity index (χ0) is 16.7. The molecule has 0 saturated carbocycles. The first kappa shape index (κ1) is 16.6. The third kappa shape index (κ3) is 4.37. The molecule has 0 heterocycles. The van der Waals surface area contributed by atoms with Gasteiger partial charge in [0.1, 0.15) is 18.1 Å². The second-order valence-electron chi connectivity index (χ2n) is 4.71. The zero-order valence-corrected chi connectivity index (χ0v) is 12.9. The number of nitrogens with two attached hydrogens (primary N) is 1. The van der Waals surface area contributed by atoms with Gasteiger partial charge in [-0.25, -0.2) is 0 Å². The summed E-state index contributed by atoms with van der Waals surface area (Å²) < 4.78 is 10.9. The molecule has 2 aromatic rings. The van der Waals surface area contributed by atoms with Gasteiger partial charge in [-0.3, -0.25) is 4.79 Å². The number of nitrogens with one attached hydrogen (secondary N) is 1. The molecule has 0 aliphatic carbocycles. The average molecular weight is 316 g/mol. The molecule has 0 aliphatic heterocycles. The maximum absolute atomic E-state index is 12.3. The lowest BCUT2D eigenvalue weighted by Gasteiger charge is -2.16. The van der Waals surface area contributed by atoms with Crippen LogP contribution < -0.4 is 20.5 Å². The Balaban J connectivity index is 2.29. The molecule has 0 fully saturated rings. The van der Waals surface area contributed by atoms with E-state index in [1.165, 1.54) is 0 Å². The van der Waals surface area contributed by atoms with Gasteiger partial charge in [0.15, 0.2) is 0 Å². The van der Waals surface area contributed by atoms with Crippen molar-refractivity contribution in [3.05, 3.63) is 48.0 Å². The number of hydrogen-bond donors (Lipinski definition) is 3. The predicted molar refractivity (Wildman–Crippen MR) is 89.0 cm³/mol. The first-order valence-corrected chi connectivity index (χ1v) is 7.32. The van der Waals surface area contributed by atoms with Gasteiger partial charge in [0.2, 0.25) is 0 Å². The summed E-state index contributed by atoms with van der Waals surface area (Å²) in [6.07, 6.45) is 0. The monoisotopic (exact) mass is 316 g/mol. The van der Waals surface area contributed by atoms with E-state index in [0.717, 1.165) is 0 Å². The lowest BCUT2D eigenvalue weighted by atomic mass is 10.2. The molecule has 6 nitrogen and oxygen atoms in total. The van der Waals surface area contributed by atoms with Crippen LogP contribution in [0.4, 0.5) is 11.4 Å². The van der Waals surface area contributed by atoms with E-state index >= 15 is 0 Å². The van der Waals surface area contributed by atoms with Gasteiger partial charge in [-0.2, -0.15) is 0 Å². The lowest BCUT2D eigenvalue weighted by molar-refractivity contribution is 0.102. The van der Waals surface area contributed by atoms with Crippen LogP contribution >= 0.6 is 0 Å². The standard InChI is InChI=1S/C17H20N2O4/c1-2-22-15-11-14(16(10-13(15)18)23-9-8-20)19-17(21)12-6-4-3-5-7-12/h3-7,10-11,20H,2,8-9,18H2,1H3,(H,19,21). The number of benzene rings is 2. The van der Waals surface area contributed by atoms with Crippen LogP contribution in [0.3, 0.4) is 0 Å². The molecule has 4 N–H and O–H groups in total. The fourth-order valence-electron chi connectivity index (χ4n) is 2.01. The van der Waals surface area contributed by atoms with E-state index in [-0.39, 0.29) is 19.1 Å². The Hall–Kier alpha value is -2.73. The molecule has 1 amide bonds. The molecule has 2 rings (SSSR count). The van der Waals surface area contributed by atoms with E-state index in [4.69, 9.17) is 20.3 Å².